The molecule has 0 saturated heterocycles. The number of hydrogen-bond acceptors (Lipinski definition) is 3. The first-order valence-corrected chi connectivity index (χ1v) is 8.88. The van der Waals surface area contributed by atoms with Crippen LogP contribution in [-0.4, -0.2) is 29.8 Å². The van der Waals surface area contributed by atoms with Gasteiger partial charge in [-0.1, -0.05) is 19.1 Å². The highest BCUT2D eigenvalue weighted by atomic mass is 32.1. The van der Waals surface area contributed by atoms with Crippen molar-refractivity contribution < 1.29 is 14.0 Å². The number of nitrogens with zero attached hydrogens (tertiary/aromatic N) is 1. The van der Waals surface area contributed by atoms with Crippen LogP contribution in [0.4, 0.5) is 4.39 Å². The Hall–Kier alpha value is -2.21. The highest BCUT2D eigenvalue weighted by Crippen LogP contribution is 2.35. The largest absolute Gasteiger partial charge is 0.343 e. The van der Waals surface area contributed by atoms with Gasteiger partial charge in [0.15, 0.2) is 0 Å². The van der Waals surface area contributed by atoms with Gasteiger partial charge in [0.2, 0.25) is 5.91 Å². The van der Waals surface area contributed by atoms with Gasteiger partial charge in [0.1, 0.15) is 5.82 Å². The van der Waals surface area contributed by atoms with Crippen LogP contribution in [0.2, 0.25) is 0 Å². The molecule has 24 heavy (non-hydrogen) atoms. The molecular formula is C18H19FN2O2S. The zero-order valence-electron chi connectivity index (χ0n) is 13.4. The Bertz CT molecular complexity index is 759. The normalized spacial score (nSPS) is 16.6. The van der Waals surface area contributed by atoms with Crippen LogP contribution in [0.3, 0.4) is 0 Å². The Labute approximate surface area is 144 Å². The maximum absolute atomic E-state index is 13.6. The van der Waals surface area contributed by atoms with E-state index in [0.29, 0.717) is 6.54 Å². The lowest BCUT2D eigenvalue weighted by Gasteiger charge is -2.35. The van der Waals surface area contributed by atoms with Crippen LogP contribution in [0.25, 0.3) is 0 Å². The topological polar surface area (TPSA) is 49.4 Å². The van der Waals surface area contributed by atoms with E-state index < -0.39 is 11.7 Å². The van der Waals surface area contributed by atoms with E-state index >= 15 is 0 Å². The van der Waals surface area contributed by atoms with E-state index in [2.05, 4.69) is 23.7 Å². The van der Waals surface area contributed by atoms with Gasteiger partial charge in [-0.15, -0.1) is 11.3 Å². The van der Waals surface area contributed by atoms with Gasteiger partial charge >= 0.3 is 0 Å². The molecule has 1 aromatic heterocycles. The summed E-state index contributed by atoms with van der Waals surface area (Å²) in [6.45, 7) is 2.58. The van der Waals surface area contributed by atoms with Gasteiger partial charge in [-0.2, -0.15) is 0 Å². The van der Waals surface area contributed by atoms with Crippen LogP contribution >= 0.6 is 11.3 Å². The molecule has 3 rings (SSSR count). The summed E-state index contributed by atoms with van der Waals surface area (Å²) in [7, 11) is 0. The number of rotatable bonds is 4. The lowest BCUT2D eigenvalue weighted by molar-refractivity contribution is -0.133. The van der Waals surface area contributed by atoms with E-state index in [-0.39, 0.29) is 24.1 Å². The number of carbonyl (C=O) groups is 2. The van der Waals surface area contributed by atoms with Crippen LogP contribution < -0.4 is 5.32 Å². The Morgan fingerprint density at radius 2 is 2.12 bits per heavy atom. The van der Waals surface area contributed by atoms with Crippen molar-refractivity contribution in [3.05, 3.63) is 57.5 Å². The van der Waals surface area contributed by atoms with Gasteiger partial charge in [0, 0.05) is 11.4 Å². The first kappa shape index (κ1) is 16.6. The number of amides is 2. The molecule has 0 unspecified atom stereocenters. The van der Waals surface area contributed by atoms with Crippen molar-refractivity contribution in [1.82, 2.24) is 10.2 Å². The fraction of sp³-hybridized carbons (Fsp3) is 0.333. The number of benzene rings is 1. The predicted molar refractivity (Wildman–Crippen MR) is 91.5 cm³/mol. The molecule has 0 aliphatic carbocycles. The smallest absolute Gasteiger partial charge is 0.254 e. The summed E-state index contributed by atoms with van der Waals surface area (Å²) in [6.07, 6.45) is 1.67. The molecule has 2 aromatic rings. The third-order valence-corrected chi connectivity index (χ3v) is 5.32. The summed E-state index contributed by atoms with van der Waals surface area (Å²) >= 11 is 1.73. The van der Waals surface area contributed by atoms with Crippen LogP contribution in [-0.2, 0) is 11.2 Å². The second-order valence-electron chi connectivity index (χ2n) is 5.72. The Morgan fingerprint density at radius 1 is 1.33 bits per heavy atom. The van der Waals surface area contributed by atoms with Gasteiger partial charge in [-0.25, -0.2) is 4.39 Å². The number of fused-ring (bicyclic) bond motifs is 1. The maximum atomic E-state index is 13.6. The third-order valence-electron chi connectivity index (χ3n) is 4.32. The van der Waals surface area contributed by atoms with Gasteiger partial charge < -0.3 is 10.2 Å². The van der Waals surface area contributed by atoms with E-state index in [1.165, 1.54) is 28.6 Å². The number of hydrogen-bond donors (Lipinski definition) is 1. The average Bonchev–Trinajstić information content (AvgIpc) is 3.07. The number of nitrogens with one attached hydrogen (secondary N) is 1. The van der Waals surface area contributed by atoms with Gasteiger partial charge in [0.25, 0.3) is 5.91 Å². The van der Waals surface area contributed by atoms with Crippen molar-refractivity contribution in [3.63, 3.8) is 0 Å². The van der Waals surface area contributed by atoms with Crippen LogP contribution in [0.1, 0.15) is 40.2 Å². The standard InChI is InChI=1S/C18H19FN2O2S/c1-2-15-13-8-10-24-16(13)7-9-21(15)17(22)11-20-18(23)12-5-3-4-6-14(12)19/h3-6,8,10,15H,2,7,9,11H2,1H3,(H,20,23)/t15-/m1/s1. The van der Waals surface area contributed by atoms with E-state index in [0.717, 1.165) is 12.8 Å². The van der Waals surface area contributed by atoms with Crippen molar-refractivity contribution in [1.29, 1.82) is 0 Å². The highest BCUT2D eigenvalue weighted by Gasteiger charge is 2.30. The van der Waals surface area contributed by atoms with Gasteiger partial charge in [-0.05, 0) is 42.0 Å². The summed E-state index contributed by atoms with van der Waals surface area (Å²) in [4.78, 5) is 27.7. The summed E-state index contributed by atoms with van der Waals surface area (Å²) in [5.41, 5.74) is 1.17. The van der Waals surface area contributed by atoms with E-state index in [9.17, 15) is 14.0 Å². The molecule has 6 heteroatoms. The molecule has 2 heterocycles. The second-order valence-corrected chi connectivity index (χ2v) is 6.72. The molecule has 4 nitrogen and oxygen atoms in total. The monoisotopic (exact) mass is 346 g/mol. The van der Waals surface area contributed by atoms with Crippen LogP contribution in [0.5, 0.6) is 0 Å². The molecule has 1 N–H and O–H groups in total. The molecule has 2 amide bonds. The number of halogens is 1. The molecule has 126 valence electrons. The van der Waals surface area contributed by atoms with E-state index in [4.69, 9.17) is 0 Å². The Morgan fingerprint density at radius 3 is 2.88 bits per heavy atom. The van der Waals surface area contributed by atoms with Crippen LogP contribution in [0, 0.1) is 5.82 Å². The Balaban J connectivity index is 1.65. The minimum Gasteiger partial charge on any atom is -0.343 e. The fourth-order valence-corrected chi connectivity index (χ4v) is 4.06. The lowest BCUT2D eigenvalue weighted by Crippen LogP contribution is -2.44. The molecule has 0 spiro atoms. The first-order chi connectivity index (χ1) is 11.6. The summed E-state index contributed by atoms with van der Waals surface area (Å²) in [6, 6.07) is 7.88. The lowest BCUT2D eigenvalue weighted by atomic mass is 9.98. The second kappa shape index (κ2) is 7.13. The van der Waals surface area contributed by atoms with Crippen molar-refractivity contribution in [2.24, 2.45) is 0 Å². The summed E-state index contributed by atoms with van der Waals surface area (Å²) in [5, 5.41) is 4.59. The molecule has 0 bridgehead atoms. The summed E-state index contributed by atoms with van der Waals surface area (Å²) in [5.74, 6) is -1.29. The molecule has 0 fully saturated rings. The minimum atomic E-state index is -0.588. The predicted octanol–water partition coefficient (Wildman–Crippen LogP) is 3.15. The summed E-state index contributed by atoms with van der Waals surface area (Å²) < 4.78 is 13.6. The van der Waals surface area contributed by atoms with Gasteiger partial charge in [-0.3, -0.25) is 9.59 Å². The molecule has 1 atom stereocenters. The van der Waals surface area contributed by atoms with Gasteiger partial charge in [0.05, 0.1) is 18.2 Å². The van der Waals surface area contributed by atoms with E-state index in [1.807, 2.05) is 4.90 Å². The number of thiophene rings is 1. The minimum absolute atomic E-state index is 0.0453. The van der Waals surface area contributed by atoms with Crippen molar-refractivity contribution >= 4 is 23.2 Å². The SMILES string of the molecule is CC[C@@H]1c2ccsc2CCN1C(=O)CNC(=O)c1ccccc1F. The first-order valence-electron chi connectivity index (χ1n) is 8.00. The zero-order chi connectivity index (χ0) is 17.1. The highest BCUT2D eigenvalue weighted by molar-refractivity contribution is 7.10. The van der Waals surface area contributed by atoms with Crippen molar-refractivity contribution in [3.8, 4) is 0 Å². The third kappa shape index (κ3) is 3.19. The molecular weight excluding hydrogens is 327 g/mol. The Kier molecular flexibility index (Phi) is 4.94. The van der Waals surface area contributed by atoms with Crippen LogP contribution in [0.15, 0.2) is 35.7 Å². The average molecular weight is 346 g/mol. The molecule has 1 aliphatic heterocycles. The van der Waals surface area contributed by atoms with E-state index in [1.54, 1.807) is 17.4 Å². The molecule has 1 aliphatic rings. The zero-order valence-corrected chi connectivity index (χ0v) is 14.2. The molecule has 0 radical (unpaired) electrons. The van der Waals surface area contributed by atoms with Crippen molar-refractivity contribution in [2.45, 2.75) is 25.8 Å². The maximum Gasteiger partial charge on any atom is 0.254 e. The molecule has 0 saturated carbocycles. The number of carbonyl (C=O) groups excluding carboxylic acids is 2. The fourth-order valence-electron chi connectivity index (χ4n) is 3.13. The quantitative estimate of drug-likeness (QED) is 0.924. The molecule has 1 aromatic carbocycles. The van der Waals surface area contributed by atoms with Crippen molar-refractivity contribution in [2.75, 3.05) is 13.1 Å².